The van der Waals surface area contributed by atoms with Gasteiger partial charge in [0.05, 0.1) is 10.6 Å². The Morgan fingerprint density at radius 1 is 1.37 bits per heavy atom. The highest BCUT2D eigenvalue weighted by atomic mass is 16.6. The van der Waals surface area contributed by atoms with Crippen LogP contribution in [0.25, 0.3) is 0 Å². The summed E-state index contributed by atoms with van der Waals surface area (Å²) in [6.45, 7) is 3.38. The third kappa shape index (κ3) is 2.76. The lowest BCUT2D eigenvalue weighted by Gasteiger charge is -2.06. The molecule has 0 saturated carbocycles. The highest BCUT2D eigenvalue weighted by Gasteiger charge is 2.14. The number of hydrogen-bond acceptors (Lipinski definition) is 5. The smallest absolute Gasteiger partial charge is 0.294 e. The Bertz CT molecular complexity index is 648. The van der Waals surface area contributed by atoms with Gasteiger partial charge in [0.2, 0.25) is 5.76 Å². The molecule has 1 heterocycles. The molecule has 0 aliphatic heterocycles. The normalized spacial score (nSPS) is 10.2. The molecule has 1 N–H and O–H groups in total. The second-order valence-corrected chi connectivity index (χ2v) is 4.04. The molecule has 0 spiro atoms. The number of rotatable bonds is 3. The number of amides is 1. The molecule has 98 valence electrons. The number of hydrogen-bond donors (Lipinski definition) is 1. The SMILES string of the molecule is Cc1cc(C(=O)Nc2ccc([N+](=O)[O-])cc2C)on1. The lowest BCUT2D eigenvalue weighted by Crippen LogP contribution is -2.12. The van der Waals surface area contributed by atoms with Crippen LogP contribution < -0.4 is 5.32 Å². The first-order chi connectivity index (χ1) is 8.97. The van der Waals surface area contributed by atoms with Gasteiger partial charge < -0.3 is 9.84 Å². The van der Waals surface area contributed by atoms with Crippen LogP contribution in [0.1, 0.15) is 21.8 Å². The number of carbonyl (C=O) groups excluding carboxylic acids is 1. The third-order valence-corrected chi connectivity index (χ3v) is 2.52. The fraction of sp³-hybridized carbons (Fsp3) is 0.167. The van der Waals surface area contributed by atoms with E-state index in [1.165, 1.54) is 24.3 Å². The lowest BCUT2D eigenvalue weighted by molar-refractivity contribution is -0.384. The van der Waals surface area contributed by atoms with Crippen molar-refractivity contribution >= 4 is 17.3 Å². The summed E-state index contributed by atoms with van der Waals surface area (Å²) in [5.41, 5.74) is 1.67. The number of non-ortho nitro benzene ring substituents is 1. The van der Waals surface area contributed by atoms with Crippen LogP contribution in [0.2, 0.25) is 0 Å². The third-order valence-electron chi connectivity index (χ3n) is 2.52. The van der Waals surface area contributed by atoms with Gasteiger partial charge >= 0.3 is 0 Å². The standard InChI is InChI=1S/C12H11N3O4/c1-7-5-9(15(17)18)3-4-10(7)13-12(16)11-6-8(2)14-19-11/h3-6H,1-2H3,(H,13,16). The Balaban J connectivity index is 2.20. The second-order valence-electron chi connectivity index (χ2n) is 4.04. The summed E-state index contributed by atoms with van der Waals surface area (Å²) < 4.78 is 4.83. The van der Waals surface area contributed by atoms with E-state index < -0.39 is 10.8 Å². The number of anilines is 1. The molecule has 0 radical (unpaired) electrons. The van der Waals surface area contributed by atoms with Gasteiger partial charge in [-0.3, -0.25) is 14.9 Å². The Kier molecular flexibility index (Phi) is 3.28. The summed E-state index contributed by atoms with van der Waals surface area (Å²) in [5.74, 6) is -0.354. The van der Waals surface area contributed by atoms with Gasteiger partial charge in [0.15, 0.2) is 0 Å². The first-order valence-electron chi connectivity index (χ1n) is 5.47. The van der Waals surface area contributed by atoms with Crippen molar-refractivity contribution in [2.24, 2.45) is 0 Å². The maximum atomic E-state index is 11.8. The minimum atomic E-state index is -0.488. The van der Waals surface area contributed by atoms with Crippen LogP contribution in [0.15, 0.2) is 28.8 Å². The Labute approximate surface area is 108 Å². The van der Waals surface area contributed by atoms with E-state index in [-0.39, 0.29) is 11.4 Å². The average molecular weight is 261 g/mol. The molecule has 19 heavy (non-hydrogen) atoms. The topological polar surface area (TPSA) is 98.3 Å². The van der Waals surface area contributed by atoms with E-state index >= 15 is 0 Å². The largest absolute Gasteiger partial charge is 0.351 e. The van der Waals surface area contributed by atoms with Gasteiger partial charge in [-0.05, 0) is 25.5 Å². The van der Waals surface area contributed by atoms with E-state index in [1.54, 1.807) is 13.8 Å². The van der Waals surface area contributed by atoms with Crippen LogP contribution in [0.5, 0.6) is 0 Å². The molecule has 7 nitrogen and oxygen atoms in total. The quantitative estimate of drug-likeness (QED) is 0.675. The Morgan fingerprint density at radius 3 is 2.63 bits per heavy atom. The van der Waals surface area contributed by atoms with Gasteiger partial charge in [-0.25, -0.2) is 0 Å². The van der Waals surface area contributed by atoms with E-state index in [2.05, 4.69) is 10.5 Å². The van der Waals surface area contributed by atoms with Gasteiger partial charge in [-0.1, -0.05) is 5.16 Å². The fourth-order valence-electron chi connectivity index (χ4n) is 1.56. The molecule has 2 rings (SSSR count). The predicted octanol–water partition coefficient (Wildman–Crippen LogP) is 2.45. The summed E-state index contributed by atoms with van der Waals surface area (Å²) in [5, 5.41) is 16.8. The lowest BCUT2D eigenvalue weighted by atomic mass is 10.1. The van der Waals surface area contributed by atoms with Gasteiger partial charge in [-0.15, -0.1) is 0 Å². The summed E-state index contributed by atoms with van der Waals surface area (Å²) in [6, 6.07) is 5.71. The first-order valence-corrected chi connectivity index (χ1v) is 5.47. The summed E-state index contributed by atoms with van der Waals surface area (Å²) >= 11 is 0. The van der Waals surface area contributed by atoms with Crippen molar-refractivity contribution in [3.63, 3.8) is 0 Å². The van der Waals surface area contributed by atoms with Gasteiger partial charge in [0.1, 0.15) is 0 Å². The molecule has 0 fully saturated rings. The molecule has 0 unspecified atom stereocenters. The summed E-state index contributed by atoms with van der Waals surface area (Å²) in [6.07, 6.45) is 0. The van der Waals surface area contributed by atoms with Gasteiger partial charge in [0, 0.05) is 23.9 Å². The molecule has 0 atom stereocenters. The second kappa shape index (κ2) is 4.89. The number of nitro benzene ring substituents is 1. The summed E-state index contributed by atoms with van der Waals surface area (Å²) in [4.78, 5) is 21.9. The van der Waals surface area contributed by atoms with Crippen molar-refractivity contribution in [3.8, 4) is 0 Å². The number of benzene rings is 1. The number of aryl methyl sites for hydroxylation is 2. The van der Waals surface area contributed by atoms with Crippen molar-refractivity contribution < 1.29 is 14.2 Å². The van der Waals surface area contributed by atoms with Crippen LogP contribution in [-0.4, -0.2) is 16.0 Å². The minimum Gasteiger partial charge on any atom is -0.351 e. The predicted molar refractivity (Wildman–Crippen MR) is 67.0 cm³/mol. The Morgan fingerprint density at radius 2 is 2.11 bits per heavy atom. The molecule has 1 aromatic carbocycles. The number of nitro groups is 1. The van der Waals surface area contributed by atoms with Crippen molar-refractivity contribution in [2.45, 2.75) is 13.8 Å². The van der Waals surface area contributed by atoms with E-state index in [1.807, 2.05) is 0 Å². The van der Waals surface area contributed by atoms with Crippen LogP contribution in [0, 0.1) is 24.0 Å². The highest BCUT2D eigenvalue weighted by Crippen LogP contribution is 2.21. The monoisotopic (exact) mass is 261 g/mol. The van der Waals surface area contributed by atoms with Crippen LogP contribution in [-0.2, 0) is 0 Å². The highest BCUT2D eigenvalue weighted by molar-refractivity contribution is 6.02. The molecule has 0 aliphatic carbocycles. The number of carbonyl (C=O) groups is 1. The van der Waals surface area contributed by atoms with Crippen molar-refractivity contribution in [2.75, 3.05) is 5.32 Å². The Hall–Kier alpha value is -2.70. The van der Waals surface area contributed by atoms with E-state index in [9.17, 15) is 14.9 Å². The van der Waals surface area contributed by atoms with Crippen molar-refractivity contribution in [3.05, 3.63) is 51.4 Å². The van der Waals surface area contributed by atoms with Crippen LogP contribution in [0.4, 0.5) is 11.4 Å². The number of nitrogens with one attached hydrogen (secondary N) is 1. The maximum absolute atomic E-state index is 11.8. The molecule has 0 aliphatic rings. The van der Waals surface area contributed by atoms with Crippen molar-refractivity contribution in [1.29, 1.82) is 0 Å². The number of nitrogens with zero attached hydrogens (tertiary/aromatic N) is 2. The zero-order valence-corrected chi connectivity index (χ0v) is 10.3. The first kappa shape index (κ1) is 12.7. The molecule has 1 amide bonds. The summed E-state index contributed by atoms with van der Waals surface area (Å²) in [7, 11) is 0. The zero-order valence-electron chi connectivity index (χ0n) is 10.3. The molecular weight excluding hydrogens is 250 g/mol. The zero-order chi connectivity index (χ0) is 14.0. The maximum Gasteiger partial charge on any atom is 0.294 e. The molecule has 1 aromatic heterocycles. The van der Waals surface area contributed by atoms with E-state index in [0.717, 1.165) is 0 Å². The molecule has 2 aromatic rings. The average Bonchev–Trinajstić information content (AvgIpc) is 2.78. The van der Waals surface area contributed by atoms with E-state index in [0.29, 0.717) is 16.9 Å². The van der Waals surface area contributed by atoms with Gasteiger partial charge in [-0.2, -0.15) is 0 Å². The molecule has 7 heteroatoms. The minimum absolute atomic E-state index is 0.0222. The number of aromatic nitrogens is 1. The molecule has 0 saturated heterocycles. The van der Waals surface area contributed by atoms with Crippen molar-refractivity contribution in [1.82, 2.24) is 5.16 Å². The molecular formula is C12H11N3O4. The van der Waals surface area contributed by atoms with E-state index in [4.69, 9.17) is 4.52 Å². The fourth-order valence-corrected chi connectivity index (χ4v) is 1.56. The van der Waals surface area contributed by atoms with Crippen LogP contribution in [0.3, 0.4) is 0 Å². The molecule has 0 bridgehead atoms. The van der Waals surface area contributed by atoms with Gasteiger partial charge in [0.25, 0.3) is 11.6 Å². The van der Waals surface area contributed by atoms with Crippen LogP contribution >= 0.6 is 0 Å².